The molecule has 3 aromatic rings. The summed E-state index contributed by atoms with van der Waals surface area (Å²) in [6.07, 6.45) is 6.52. The molecule has 1 aliphatic rings. The van der Waals surface area contributed by atoms with Crippen LogP contribution in [0.25, 0.3) is 11.0 Å². The molecule has 0 radical (unpaired) electrons. The maximum Gasteiger partial charge on any atom is 0.163 e. The molecule has 1 aromatic heterocycles. The van der Waals surface area contributed by atoms with E-state index in [2.05, 4.69) is 35.3 Å². The van der Waals surface area contributed by atoms with Gasteiger partial charge in [0.05, 0.1) is 25.3 Å². The van der Waals surface area contributed by atoms with Crippen molar-refractivity contribution >= 4 is 11.0 Å². The molecule has 2 aromatic carbocycles. The predicted molar refractivity (Wildman–Crippen MR) is 104 cm³/mol. The second kappa shape index (κ2) is 7.40. The van der Waals surface area contributed by atoms with E-state index in [0.717, 1.165) is 22.6 Å². The number of hydrogen-bond donors (Lipinski definition) is 1. The number of aromatic amines is 1. The molecule has 136 valence electrons. The van der Waals surface area contributed by atoms with Gasteiger partial charge in [-0.25, -0.2) is 4.98 Å². The van der Waals surface area contributed by atoms with Crippen LogP contribution >= 0.6 is 0 Å². The highest BCUT2D eigenvalue weighted by Gasteiger charge is 2.29. The van der Waals surface area contributed by atoms with Crippen LogP contribution in [-0.4, -0.2) is 24.2 Å². The Morgan fingerprint density at radius 1 is 0.962 bits per heavy atom. The molecule has 1 atom stereocenters. The van der Waals surface area contributed by atoms with E-state index >= 15 is 0 Å². The lowest BCUT2D eigenvalue weighted by atomic mass is 9.76. The van der Waals surface area contributed by atoms with Gasteiger partial charge in [0, 0.05) is 18.1 Å². The quantitative estimate of drug-likeness (QED) is 0.680. The van der Waals surface area contributed by atoms with Crippen LogP contribution in [0.3, 0.4) is 0 Å². The summed E-state index contributed by atoms with van der Waals surface area (Å²) in [5.41, 5.74) is 3.26. The van der Waals surface area contributed by atoms with Crippen LogP contribution < -0.4 is 9.47 Å². The molecule has 1 heterocycles. The minimum absolute atomic E-state index is 0.306. The summed E-state index contributed by atoms with van der Waals surface area (Å²) in [6, 6.07) is 14.7. The van der Waals surface area contributed by atoms with Crippen molar-refractivity contribution < 1.29 is 9.47 Å². The molecule has 1 saturated carbocycles. The average Bonchev–Trinajstić information content (AvgIpc) is 3.11. The summed E-state index contributed by atoms with van der Waals surface area (Å²) in [7, 11) is 3.32. The first-order chi connectivity index (χ1) is 12.8. The fourth-order valence-corrected chi connectivity index (χ4v) is 4.29. The lowest BCUT2D eigenvalue weighted by molar-refractivity contribution is 0.322. The lowest BCUT2D eigenvalue weighted by Gasteiger charge is -2.29. The normalized spacial score (nSPS) is 16.5. The van der Waals surface area contributed by atoms with Gasteiger partial charge < -0.3 is 14.5 Å². The highest BCUT2D eigenvalue weighted by Crippen LogP contribution is 2.40. The van der Waals surface area contributed by atoms with E-state index in [1.165, 1.54) is 37.7 Å². The Labute approximate surface area is 154 Å². The lowest BCUT2D eigenvalue weighted by Crippen LogP contribution is -2.18. The molecule has 1 fully saturated rings. The number of nitrogens with zero attached hydrogens (tertiary/aromatic N) is 1. The first kappa shape index (κ1) is 17.0. The maximum absolute atomic E-state index is 5.44. The van der Waals surface area contributed by atoms with Gasteiger partial charge in [-0.3, -0.25) is 0 Å². The van der Waals surface area contributed by atoms with E-state index in [0.29, 0.717) is 17.6 Å². The van der Waals surface area contributed by atoms with Crippen molar-refractivity contribution in [3.63, 3.8) is 0 Å². The number of benzene rings is 2. The number of hydrogen-bond acceptors (Lipinski definition) is 3. The molecule has 0 saturated heterocycles. The SMILES string of the molecule is COc1cc2nc(C(c3ccccc3)C3CCCCC3)[nH]c2cc1OC. The fraction of sp³-hybridized carbons (Fsp3) is 0.409. The highest BCUT2D eigenvalue weighted by atomic mass is 16.5. The first-order valence-corrected chi connectivity index (χ1v) is 9.46. The van der Waals surface area contributed by atoms with Gasteiger partial charge >= 0.3 is 0 Å². The van der Waals surface area contributed by atoms with E-state index in [1.54, 1.807) is 14.2 Å². The summed E-state index contributed by atoms with van der Waals surface area (Å²) >= 11 is 0. The van der Waals surface area contributed by atoms with E-state index in [1.807, 2.05) is 12.1 Å². The number of rotatable bonds is 5. The Morgan fingerprint density at radius 3 is 2.35 bits per heavy atom. The van der Waals surface area contributed by atoms with Crippen LogP contribution in [-0.2, 0) is 0 Å². The number of nitrogens with one attached hydrogen (secondary N) is 1. The zero-order chi connectivity index (χ0) is 17.9. The van der Waals surface area contributed by atoms with E-state index < -0.39 is 0 Å². The van der Waals surface area contributed by atoms with Crippen LogP contribution in [0.4, 0.5) is 0 Å². The first-order valence-electron chi connectivity index (χ1n) is 9.46. The second-order valence-corrected chi connectivity index (χ2v) is 7.13. The number of methoxy groups -OCH3 is 2. The third-order valence-electron chi connectivity index (χ3n) is 5.58. The van der Waals surface area contributed by atoms with Gasteiger partial charge in [-0.05, 0) is 24.3 Å². The van der Waals surface area contributed by atoms with E-state index in [9.17, 15) is 0 Å². The molecule has 1 N–H and O–H groups in total. The van der Waals surface area contributed by atoms with Crippen molar-refractivity contribution in [3.8, 4) is 11.5 Å². The van der Waals surface area contributed by atoms with Crippen LogP contribution in [0.15, 0.2) is 42.5 Å². The maximum atomic E-state index is 5.44. The Kier molecular flexibility index (Phi) is 4.83. The topological polar surface area (TPSA) is 47.1 Å². The molecule has 0 amide bonds. The van der Waals surface area contributed by atoms with Crippen molar-refractivity contribution in [2.45, 2.75) is 38.0 Å². The smallest absolute Gasteiger partial charge is 0.163 e. The monoisotopic (exact) mass is 350 g/mol. The van der Waals surface area contributed by atoms with Gasteiger partial charge in [0.1, 0.15) is 5.82 Å². The van der Waals surface area contributed by atoms with Crippen molar-refractivity contribution in [2.24, 2.45) is 5.92 Å². The molecule has 4 nitrogen and oxygen atoms in total. The summed E-state index contributed by atoms with van der Waals surface area (Å²) in [6.45, 7) is 0. The Morgan fingerprint density at radius 2 is 1.65 bits per heavy atom. The third-order valence-corrected chi connectivity index (χ3v) is 5.58. The van der Waals surface area contributed by atoms with Gasteiger partial charge in [-0.2, -0.15) is 0 Å². The van der Waals surface area contributed by atoms with Crippen LogP contribution in [0.1, 0.15) is 49.4 Å². The standard InChI is InChI=1S/C22H26N2O2/c1-25-19-13-17-18(14-20(19)26-2)24-22(23-17)21(15-9-5-3-6-10-15)16-11-7-4-8-12-16/h3,5-6,9-10,13-14,16,21H,4,7-8,11-12H2,1-2H3,(H,23,24). The van der Waals surface area contributed by atoms with Crippen molar-refractivity contribution in [2.75, 3.05) is 14.2 Å². The van der Waals surface area contributed by atoms with Gasteiger partial charge in [0.25, 0.3) is 0 Å². The van der Waals surface area contributed by atoms with Crippen LogP contribution in [0, 0.1) is 5.92 Å². The number of imidazole rings is 1. The highest BCUT2D eigenvalue weighted by molar-refractivity contribution is 5.80. The summed E-state index contributed by atoms with van der Waals surface area (Å²) in [5, 5.41) is 0. The van der Waals surface area contributed by atoms with Crippen molar-refractivity contribution in [3.05, 3.63) is 53.9 Å². The van der Waals surface area contributed by atoms with Gasteiger partial charge in [0.15, 0.2) is 11.5 Å². The van der Waals surface area contributed by atoms with Crippen molar-refractivity contribution in [1.82, 2.24) is 9.97 Å². The van der Waals surface area contributed by atoms with E-state index in [-0.39, 0.29) is 0 Å². The zero-order valence-electron chi connectivity index (χ0n) is 15.5. The van der Waals surface area contributed by atoms with Gasteiger partial charge in [-0.1, -0.05) is 49.6 Å². The summed E-state index contributed by atoms with van der Waals surface area (Å²) < 4.78 is 10.9. The molecule has 1 unspecified atom stereocenters. The minimum Gasteiger partial charge on any atom is -0.493 e. The second-order valence-electron chi connectivity index (χ2n) is 7.13. The summed E-state index contributed by atoms with van der Waals surface area (Å²) in [5.74, 6) is 3.43. The number of fused-ring (bicyclic) bond motifs is 1. The molecule has 0 aliphatic heterocycles. The molecule has 0 bridgehead atoms. The fourth-order valence-electron chi connectivity index (χ4n) is 4.29. The molecule has 0 spiro atoms. The predicted octanol–water partition coefficient (Wildman–Crippen LogP) is 5.29. The van der Waals surface area contributed by atoms with Gasteiger partial charge in [0.2, 0.25) is 0 Å². The number of aromatic nitrogens is 2. The van der Waals surface area contributed by atoms with Crippen molar-refractivity contribution in [1.29, 1.82) is 0 Å². The Bertz CT molecular complexity index is 825. The van der Waals surface area contributed by atoms with Crippen LogP contribution in [0.5, 0.6) is 11.5 Å². The molecule has 26 heavy (non-hydrogen) atoms. The Balaban J connectivity index is 1.79. The Hall–Kier alpha value is -2.49. The van der Waals surface area contributed by atoms with Gasteiger partial charge in [-0.15, -0.1) is 0 Å². The summed E-state index contributed by atoms with van der Waals surface area (Å²) in [4.78, 5) is 8.53. The number of ether oxygens (including phenoxy) is 2. The average molecular weight is 350 g/mol. The molecular weight excluding hydrogens is 324 g/mol. The zero-order valence-corrected chi connectivity index (χ0v) is 15.5. The number of H-pyrrole nitrogens is 1. The third kappa shape index (κ3) is 3.16. The molecule has 4 heteroatoms. The minimum atomic E-state index is 0.306. The van der Waals surface area contributed by atoms with E-state index in [4.69, 9.17) is 14.5 Å². The van der Waals surface area contributed by atoms with Crippen LogP contribution in [0.2, 0.25) is 0 Å². The molecule has 4 rings (SSSR count). The molecule has 1 aliphatic carbocycles. The molecular formula is C22H26N2O2. The largest absolute Gasteiger partial charge is 0.493 e.